The maximum atomic E-state index is 10.9. The number of benzene rings is 1. The molecule has 1 aromatic carbocycles. The van der Waals surface area contributed by atoms with Crippen LogP contribution < -0.4 is 5.73 Å². The van der Waals surface area contributed by atoms with E-state index in [0.717, 1.165) is 15.6 Å². The predicted molar refractivity (Wildman–Crippen MR) is 91.6 cm³/mol. The molecule has 0 aliphatic heterocycles. The first-order valence-electron chi connectivity index (χ1n) is 7.66. The largest absolute Gasteiger partial charge is 0.442 e. The molecule has 1 heterocycles. The molecule has 0 bridgehead atoms. The smallest absolute Gasteiger partial charge is 0.404 e. The number of ether oxygens (including phenoxy) is 1. The highest BCUT2D eigenvalue weighted by atomic mass is 32.2. The number of aryl methyl sites for hydroxylation is 1. The third kappa shape index (κ3) is 4.31. The lowest BCUT2D eigenvalue weighted by Gasteiger charge is -2.10. The number of nitriles is 2. The van der Waals surface area contributed by atoms with Gasteiger partial charge in [0.25, 0.3) is 0 Å². The van der Waals surface area contributed by atoms with Crippen LogP contribution in [0.2, 0.25) is 0 Å². The molecule has 7 nitrogen and oxygen atoms in total. The molecule has 0 spiro atoms. The van der Waals surface area contributed by atoms with Crippen LogP contribution >= 0.6 is 11.8 Å². The number of hydrogen-bond donors (Lipinski definition) is 1. The van der Waals surface area contributed by atoms with E-state index in [1.54, 1.807) is 18.2 Å². The van der Waals surface area contributed by atoms with Gasteiger partial charge >= 0.3 is 6.09 Å². The molecule has 0 fully saturated rings. The van der Waals surface area contributed by atoms with Gasteiger partial charge in [-0.05, 0) is 31.5 Å². The van der Waals surface area contributed by atoms with Gasteiger partial charge in [-0.25, -0.2) is 9.78 Å². The van der Waals surface area contributed by atoms with Gasteiger partial charge in [0.15, 0.2) is 6.61 Å². The summed E-state index contributed by atoms with van der Waals surface area (Å²) in [6, 6.07) is 9.15. The molecule has 0 aliphatic rings. The number of hydrogen-bond acceptors (Lipinski definition) is 6. The highest BCUT2D eigenvalue weighted by Gasteiger charge is 2.17. The van der Waals surface area contributed by atoms with Crippen LogP contribution in [0, 0.1) is 22.7 Å². The Kier molecular flexibility index (Phi) is 6.04. The van der Waals surface area contributed by atoms with E-state index in [2.05, 4.69) is 17.1 Å². The number of carbonyl (C=O) groups excluding carboxylic acids is 1. The fraction of sp³-hybridized carbons (Fsp3) is 0.294. The summed E-state index contributed by atoms with van der Waals surface area (Å²) < 4.78 is 6.81. The topological polar surface area (TPSA) is 118 Å². The Morgan fingerprint density at radius 2 is 1.92 bits per heavy atom. The summed E-state index contributed by atoms with van der Waals surface area (Å²) in [5.41, 5.74) is 6.75. The van der Waals surface area contributed by atoms with E-state index in [4.69, 9.17) is 21.0 Å². The molecule has 0 radical (unpaired) electrons. The Balaban J connectivity index is 2.43. The molecule has 0 aliphatic carbocycles. The molecule has 1 amide bonds. The van der Waals surface area contributed by atoms with Gasteiger partial charge in [0.2, 0.25) is 0 Å². The molecule has 1 aromatic heterocycles. The fourth-order valence-corrected chi connectivity index (χ4v) is 3.60. The molecule has 8 heteroatoms. The Morgan fingerprint density at radius 3 is 2.40 bits per heavy atom. The predicted octanol–water partition coefficient (Wildman–Crippen LogP) is 2.96. The van der Waals surface area contributed by atoms with Gasteiger partial charge in [0, 0.05) is 11.4 Å². The third-order valence-electron chi connectivity index (χ3n) is 3.44. The molecular formula is C17H17N5O2S. The van der Waals surface area contributed by atoms with Gasteiger partial charge in [-0.3, -0.25) is 0 Å². The quantitative estimate of drug-likeness (QED) is 0.851. The minimum Gasteiger partial charge on any atom is -0.442 e. The number of nitrogens with zero attached hydrogens (tertiary/aromatic N) is 4. The second kappa shape index (κ2) is 8.22. The van der Waals surface area contributed by atoms with E-state index in [-0.39, 0.29) is 6.61 Å². The number of amides is 1. The highest BCUT2D eigenvalue weighted by Crippen LogP contribution is 2.33. The lowest BCUT2D eigenvalue weighted by molar-refractivity contribution is 0.145. The Hall–Kier alpha value is -2.97. The normalized spacial score (nSPS) is 10.1. The summed E-state index contributed by atoms with van der Waals surface area (Å²) in [7, 11) is 0. The van der Waals surface area contributed by atoms with E-state index < -0.39 is 6.09 Å². The van der Waals surface area contributed by atoms with Gasteiger partial charge in [-0.2, -0.15) is 10.5 Å². The summed E-state index contributed by atoms with van der Waals surface area (Å²) in [6.07, 6.45) is -0.152. The third-order valence-corrected chi connectivity index (χ3v) is 4.56. The molecule has 2 aromatic rings. The number of imidazole rings is 1. The molecule has 0 saturated carbocycles. The standard InChI is InChI=1S/C17H17N5O2S/c1-3-14-16(22(4-2)15(21-14)10-24-17(20)23)25-13-6-11(8-18)5-12(7-13)9-19/h5-7H,3-4,10H2,1-2H3,(H2,20,23). The monoisotopic (exact) mass is 355 g/mol. The van der Waals surface area contributed by atoms with Crippen molar-refractivity contribution in [2.45, 2.75) is 43.3 Å². The van der Waals surface area contributed by atoms with Crippen LogP contribution in [-0.4, -0.2) is 15.6 Å². The van der Waals surface area contributed by atoms with Gasteiger partial charge in [0.05, 0.1) is 29.0 Å². The molecule has 0 saturated heterocycles. The average Bonchev–Trinajstić information content (AvgIpc) is 2.95. The van der Waals surface area contributed by atoms with E-state index in [1.165, 1.54) is 11.8 Å². The van der Waals surface area contributed by atoms with Crippen molar-refractivity contribution in [3.05, 3.63) is 40.8 Å². The van der Waals surface area contributed by atoms with Gasteiger partial charge in [-0.1, -0.05) is 18.7 Å². The maximum Gasteiger partial charge on any atom is 0.404 e. The van der Waals surface area contributed by atoms with E-state index in [0.29, 0.717) is 29.9 Å². The van der Waals surface area contributed by atoms with Crippen molar-refractivity contribution in [3.8, 4) is 12.1 Å². The summed E-state index contributed by atoms with van der Waals surface area (Å²) in [5, 5.41) is 19.2. The number of nitrogens with two attached hydrogens (primary N) is 1. The lowest BCUT2D eigenvalue weighted by atomic mass is 10.1. The summed E-state index contributed by atoms with van der Waals surface area (Å²) in [4.78, 5) is 16.2. The van der Waals surface area contributed by atoms with Gasteiger partial charge < -0.3 is 15.0 Å². The highest BCUT2D eigenvalue weighted by molar-refractivity contribution is 7.99. The van der Waals surface area contributed by atoms with Crippen LogP contribution in [0.5, 0.6) is 0 Å². The fourth-order valence-electron chi connectivity index (χ4n) is 2.35. The number of primary amides is 1. The van der Waals surface area contributed by atoms with Crippen molar-refractivity contribution in [2.24, 2.45) is 5.73 Å². The van der Waals surface area contributed by atoms with Crippen LogP contribution in [0.3, 0.4) is 0 Å². The van der Waals surface area contributed by atoms with E-state index >= 15 is 0 Å². The Morgan fingerprint density at radius 1 is 1.28 bits per heavy atom. The van der Waals surface area contributed by atoms with Crippen molar-refractivity contribution < 1.29 is 9.53 Å². The molecule has 128 valence electrons. The van der Waals surface area contributed by atoms with Crippen LogP contribution in [0.15, 0.2) is 28.1 Å². The Labute approximate surface area is 150 Å². The minimum absolute atomic E-state index is 0.00157. The number of rotatable bonds is 6. The SMILES string of the molecule is CCc1nc(COC(N)=O)n(CC)c1Sc1cc(C#N)cc(C#N)c1. The van der Waals surface area contributed by atoms with Crippen molar-refractivity contribution >= 4 is 17.9 Å². The van der Waals surface area contributed by atoms with Crippen LogP contribution in [0.4, 0.5) is 4.79 Å². The van der Waals surface area contributed by atoms with Crippen LogP contribution in [0.1, 0.15) is 36.5 Å². The summed E-state index contributed by atoms with van der Waals surface area (Å²) >= 11 is 1.43. The second-order valence-electron chi connectivity index (χ2n) is 5.06. The van der Waals surface area contributed by atoms with Gasteiger partial charge in [0.1, 0.15) is 10.9 Å². The molecule has 0 unspecified atom stereocenters. The molecule has 25 heavy (non-hydrogen) atoms. The van der Waals surface area contributed by atoms with Crippen LogP contribution in [0.25, 0.3) is 0 Å². The first-order valence-corrected chi connectivity index (χ1v) is 8.47. The zero-order chi connectivity index (χ0) is 18.4. The lowest BCUT2D eigenvalue weighted by Crippen LogP contribution is -2.15. The van der Waals surface area contributed by atoms with E-state index in [9.17, 15) is 4.79 Å². The molecule has 2 rings (SSSR count). The molecular weight excluding hydrogens is 338 g/mol. The van der Waals surface area contributed by atoms with Crippen molar-refractivity contribution in [3.63, 3.8) is 0 Å². The van der Waals surface area contributed by atoms with Gasteiger partial charge in [-0.15, -0.1) is 0 Å². The van der Waals surface area contributed by atoms with E-state index in [1.807, 2.05) is 18.4 Å². The van der Waals surface area contributed by atoms with Crippen molar-refractivity contribution in [1.29, 1.82) is 10.5 Å². The first kappa shape index (κ1) is 18.4. The number of carbonyl (C=O) groups is 1. The summed E-state index contributed by atoms with van der Waals surface area (Å²) in [6.45, 7) is 4.58. The zero-order valence-corrected chi connectivity index (χ0v) is 14.8. The first-order chi connectivity index (χ1) is 12.0. The van der Waals surface area contributed by atoms with Crippen molar-refractivity contribution in [1.82, 2.24) is 9.55 Å². The Bertz CT molecular complexity index is 844. The number of aromatic nitrogens is 2. The minimum atomic E-state index is -0.849. The van der Waals surface area contributed by atoms with Crippen LogP contribution in [-0.2, 0) is 24.3 Å². The maximum absolute atomic E-state index is 10.9. The molecule has 2 N–H and O–H groups in total. The zero-order valence-electron chi connectivity index (χ0n) is 13.9. The molecule has 0 atom stereocenters. The second-order valence-corrected chi connectivity index (χ2v) is 6.12. The average molecular weight is 355 g/mol. The van der Waals surface area contributed by atoms with Crippen molar-refractivity contribution in [2.75, 3.05) is 0 Å². The summed E-state index contributed by atoms with van der Waals surface area (Å²) in [5.74, 6) is 0.609.